The average molecular weight is 440 g/mol. The Balaban J connectivity index is 1.89. The second-order valence-corrected chi connectivity index (χ2v) is 7.79. The van der Waals surface area contributed by atoms with Gasteiger partial charge in [-0.2, -0.15) is 8.42 Å². The Morgan fingerprint density at radius 1 is 1.15 bits per heavy atom. The molecule has 3 rings (SSSR count). The first-order valence-corrected chi connectivity index (χ1v) is 9.35. The summed E-state index contributed by atoms with van der Waals surface area (Å²) in [5, 5.41) is 3.72. The number of ether oxygens (including phenoxy) is 1. The molecule has 0 atom stereocenters. The minimum atomic E-state index is -4.06. The van der Waals surface area contributed by atoms with Crippen molar-refractivity contribution in [1.29, 1.82) is 0 Å². The van der Waals surface area contributed by atoms with E-state index in [4.69, 9.17) is 10.5 Å². The van der Waals surface area contributed by atoms with Crippen LogP contribution in [0.25, 0.3) is 0 Å². The number of halogens is 2. The van der Waals surface area contributed by atoms with Gasteiger partial charge in [-0.25, -0.2) is 9.18 Å². The molecule has 0 fully saturated rings. The second-order valence-electron chi connectivity index (χ2n) is 5.11. The van der Waals surface area contributed by atoms with Crippen molar-refractivity contribution >= 4 is 37.7 Å². The van der Waals surface area contributed by atoms with Crippen LogP contribution in [0, 0.1) is 5.82 Å². The topological polar surface area (TPSA) is 104 Å². The van der Waals surface area contributed by atoms with E-state index in [2.05, 4.69) is 21.0 Å². The van der Waals surface area contributed by atoms with Gasteiger partial charge in [-0.05, 0) is 42.5 Å². The Bertz CT molecular complexity index is 1080. The predicted octanol–water partition coefficient (Wildman–Crippen LogP) is 2.82. The molecule has 0 aliphatic carbocycles. The van der Waals surface area contributed by atoms with Crippen LogP contribution in [0.4, 0.5) is 10.2 Å². The normalized spacial score (nSPS) is 11.3. The van der Waals surface area contributed by atoms with Crippen molar-refractivity contribution in [2.24, 2.45) is 0 Å². The lowest BCUT2D eigenvalue weighted by Crippen LogP contribution is -2.17. The number of hydrogen-bond donors (Lipinski definition) is 1. The molecule has 0 amide bonds. The largest absolute Gasteiger partial charge is 0.402 e. The first-order valence-electron chi connectivity index (χ1n) is 7.12. The third-order valence-electron chi connectivity index (χ3n) is 3.28. The minimum absolute atomic E-state index is 0.0430. The highest BCUT2D eigenvalue weighted by Gasteiger charge is 2.23. The third-order valence-corrected chi connectivity index (χ3v) is 5.42. The van der Waals surface area contributed by atoms with Crippen LogP contribution in [0.15, 0.2) is 64.0 Å². The molecule has 3 aromatic rings. The van der Waals surface area contributed by atoms with Crippen molar-refractivity contribution in [3.05, 3.63) is 70.5 Å². The van der Waals surface area contributed by atoms with Gasteiger partial charge in [0.1, 0.15) is 11.6 Å². The SMILES string of the molecule is Nc1cc(OC(=O)c2cccc(F)c2)nn1S(=O)(=O)c1ccc(Br)cc1. The molecule has 2 N–H and O–H groups in total. The maximum atomic E-state index is 13.2. The number of aromatic nitrogens is 2. The van der Waals surface area contributed by atoms with Gasteiger partial charge in [0.15, 0.2) is 0 Å². The summed E-state index contributed by atoms with van der Waals surface area (Å²) in [7, 11) is -4.06. The van der Waals surface area contributed by atoms with Gasteiger partial charge in [0, 0.05) is 10.5 Å². The predicted molar refractivity (Wildman–Crippen MR) is 94.7 cm³/mol. The van der Waals surface area contributed by atoms with E-state index in [0.29, 0.717) is 8.56 Å². The number of nitrogen functional groups attached to an aromatic ring is 1. The zero-order chi connectivity index (χ0) is 18.9. The fraction of sp³-hybridized carbons (Fsp3) is 0. The van der Waals surface area contributed by atoms with Crippen LogP contribution >= 0.6 is 15.9 Å². The molecule has 0 spiro atoms. The fourth-order valence-electron chi connectivity index (χ4n) is 2.08. The van der Waals surface area contributed by atoms with E-state index >= 15 is 0 Å². The van der Waals surface area contributed by atoms with Gasteiger partial charge < -0.3 is 10.5 Å². The maximum Gasteiger partial charge on any atom is 0.345 e. The Labute approximate surface area is 156 Å². The molecule has 134 valence electrons. The Morgan fingerprint density at radius 3 is 2.50 bits per heavy atom. The molecule has 0 saturated carbocycles. The van der Waals surface area contributed by atoms with Gasteiger partial charge in [0.2, 0.25) is 5.88 Å². The Hall–Kier alpha value is -2.72. The van der Waals surface area contributed by atoms with Gasteiger partial charge in [-0.15, -0.1) is 9.19 Å². The Kier molecular flexibility index (Phi) is 4.79. The lowest BCUT2D eigenvalue weighted by molar-refractivity contribution is 0.0726. The number of hydrogen-bond acceptors (Lipinski definition) is 6. The van der Waals surface area contributed by atoms with E-state index in [1.165, 1.54) is 30.3 Å². The molecule has 0 unspecified atom stereocenters. The number of rotatable bonds is 4. The van der Waals surface area contributed by atoms with Crippen molar-refractivity contribution in [2.75, 3.05) is 5.73 Å². The van der Waals surface area contributed by atoms with E-state index < -0.39 is 21.8 Å². The van der Waals surface area contributed by atoms with Crippen LogP contribution < -0.4 is 10.5 Å². The zero-order valence-corrected chi connectivity index (χ0v) is 15.4. The van der Waals surface area contributed by atoms with Crippen molar-refractivity contribution in [3.8, 4) is 5.88 Å². The monoisotopic (exact) mass is 439 g/mol. The molecule has 1 aromatic heterocycles. The summed E-state index contributed by atoms with van der Waals surface area (Å²) in [5.74, 6) is -2.06. The van der Waals surface area contributed by atoms with Crippen molar-refractivity contribution in [1.82, 2.24) is 9.19 Å². The lowest BCUT2D eigenvalue weighted by atomic mass is 10.2. The van der Waals surface area contributed by atoms with Gasteiger partial charge >= 0.3 is 5.97 Å². The number of nitrogens with zero attached hydrogens (tertiary/aromatic N) is 2. The number of esters is 1. The summed E-state index contributed by atoms with van der Waals surface area (Å²) in [6.07, 6.45) is 0. The third kappa shape index (κ3) is 3.60. The first kappa shape index (κ1) is 18.1. The van der Waals surface area contributed by atoms with E-state index in [1.807, 2.05) is 0 Å². The van der Waals surface area contributed by atoms with E-state index in [1.54, 1.807) is 12.1 Å². The van der Waals surface area contributed by atoms with Crippen LogP contribution in [-0.2, 0) is 10.0 Å². The van der Waals surface area contributed by atoms with Crippen LogP contribution in [-0.4, -0.2) is 23.6 Å². The molecule has 0 aliphatic heterocycles. The van der Waals surface area contributed by atoms with Crippen LogP contribution in [0.2, 0.25) is 0 Å². The van der Waals surface area contributed by atoms with Crippen LogP contribution in [0.3, 0.4) is 0 Å². The molecule has 7 nitrogen and oxygen atoms in total. The second kappa shape index (κ2) is 6.89. The average Bonchev–Trinajstić information content (AvgIpc) is 2.96. The summed E-state index contributed by atoms with van der Waals surface area (Å²) < 4.78 is 44.6. The summed E-state index contributed by atoms with van der Waals surface area (Å²) in [6, 6.07) is 11.8. The van der Waals surface area contributed by atoms with Crippen LogP contribution in [0.5, 0.6) is 5.88 Å². The minimum Gasteiger partial charge on any atom is -0.402 e. The summed E-state index contributed by atoms with van der Waals surface area (Å²) in [5.41, 5.74) is 5.65. The quantitative estimate of drug-likeness (QED) is 0.626. The van der Waals surface area contributed by atoms with Gasteiger partial charge in [0.05, 0.1) is 10.5 Å². The first-order chi connectivity index (χ1) is 12.3. The molecule has 2 aromatic carbocycles. The molecule has 10 heteroatoms. The van der Waals surface area contributed by atoms with Gasteiger partial charge in [0.25, 0.3) is 10.0 Å². The van der Waals surface area contributed by atoms with Crippen molar-refractivity contribution in [2.45, 2.75) is 4.90 Å². The Morgan fingerprint density at radius 2 is 1.85 bits per heavy atom. The molecule has 0 radical (unpaired) electrons. The van der Waals surface area contributed by atoms with E-state index in [9.17, 15) is 17.6 Å². The number of carbonyl (C=O) groups excluding carboxylic acids is 1. The molecular weight excluding hydrogens is 429 g/mol. The molecular formula is C16H11BrFN3O4S. The lowest BCUT2D eigenvalue weighted by Gasteiger charge is -2.06. The number of carbonyl (C=O) groups is 1. The fourth-order valence-corrected chi connectivity index (χ4v) is 3.54. The number of benzene rings is 2. The van der Waals surface area contributed by atoms with Crippen molar-refractivity contribution < 1.29 is 22.3 Å². The molecule has 0 aliphatic rings. The molecule has 1 heterocycles. The highest BCUT2D eigenvalue weighted by molar-refractivity contribution is 9.10. The van der Waals surface area contributed by atoms with Crippen LogP contribution in [0.1, 0.15) is 10.4 Å². The number of anilines is 1. The number of nitrogens with two attached hydrogens (primary N) is 1. The van der Waals surface area contributed by atoms with E-state index in [0.717, 1.165) is 12.1 Å². The van der Waals surface area contributed by atoms with Crippen molar-refractivity contribution in [3.63, 3.8) is 0 Å². The molecule has 0 bridgehead atoms. The van der Waals surface area contributed by atoms with Gasteiger partial charge in [-0.3, -0.25) is 0 Å². The van der Waals surface area contributed by atoms with E-state index in [-0.39, 0.29) is 22.2 Å². The molecule has 0 saturated heterocycles. The molecule has 26 heavy (non-hydrogen) atoms. The summed E-state index contributed by atoms with van der Waals surface area (Å²) >= 11 is 3.22. The standard InChI is InChI=1S/C16H11BrFN3O4S/c17-11-4-6-13(7-5-11)26(23,24)21-14(19)9-15(20-21)25-16(22)10-2-1-3-12(18)8-10/h1-9H,19H2. The highest BCUT2D eigenvalue weighted by atomic mass is 79.9. The van der Waals surface area contributed by atoms with Gasteiger partial charge in [-0.1, -0.05) is 22.0 Å². The smallest absolute Gasteiger partial charge is 0.345 e. The maximum absolute atomic E-state index is 13.2. The zero-order valence-electron chi connectivity index (χ0n) is 13.0. The highest BCUT2D eigenvalue weighted by Crippen LogP contribution is 2.23. The summed E-state index contributed by atoms with van der Waals surface area (Å²) in [6.45, 7) is 0. The summed E-state index contributed by atoms with van der Waals surface area (Å²) in [4.78, 5) is 12.0.